The largest absolute Gasteiger partial charge is 0.497 e. The Bertz CT molecular complexity index is 1400. The summed E-state index contributed by atoms with van der Waals surface area (Å²) in [6, 6.07) is 21.7. The number of hydrogen-bond acceptors (Lipinski definition) is 6. The predicted octanol–water partition coefficient (Wildman–Crippen LogP) is 4.63. The second-order valence-corrected chi connectivity index (χ2v) is 10.9. The smallest absolute Gasteiger partial charge is 0.329 e. The van der Waals surface area contributed by atoms with Crippen molar-refractivity contribution in [2.45, 2.75) is 44.1 Å². The van der Waals surface area contributed by atoms with Crippen LogP contribution in [0.2, 0.25) is 0 Å². The molecule has 3 atom stereocenters. The first-order valence-corrected chi connectivity index (χ1v) is 14.1. The number of unbranched alkanes of at least 4 members (excludes halogenated alkanes) is 1. The van der Waals surface area contributed by atoms with Gasteiger partial charge in [-0.25, -0.2) is 4.79 Å². The minimum atomic E-state index is -1.08. The monoisotopic (exact) mass is 552 g/mol. The van der Waals surface area contributed by atoms with Crippen molar-refractivity contribution in [3.8, 4) is 5.75 Å². The van der Waals surface area contributed by atoms with E-state index in [0.717, 1.165) is 33.6 Å². The summed E-state index contributed by atoms with van der Waals surface area (Å²) in [7, 11) is 1.55. The first-order valence-electron chi connectivity index (χ1n) is 14.1. The molecule has 0 aromatic heterocycles. The van der Waals surface area contributed by atoms with Gasteiger partial charge in [0.25, 0.3) is 5.91 Å². The number of methoxy groups -OCH3 is 1. The van der Waals surface area contributed by atoms with Gasteiger partial charge in [0.05, 0.1) is 18.9 Å². The van der Waals surface area contributed by atoms with Crippen LogP contribution in [0.3, 0.4) is 0 Å². The van der Waals surface area contributed by atoms with Crippen LogP contribution in [0, 0.1) is 11.8 Å². The zero-order chi connectivity index (χ0) is 28.7. The van der Waals surface area contributed by atoms with E-state index in [-0.39, 0.29) is 30.1 Å². The lowest BCUT2D eigenvalue weighted by atomic mass is 9.55. The fraction of sp³-hybridized carbons (Fsp3) is 0.333. The number of imide groups is 1. The van der Waals surface area contributed by atoms with Gasteiger partial charge < -0.3 is 14.8 Å². The highest BCUT2D eigenvalue weighted by atomic mass is 16.5. The van der Waals surface area contributed by atoms with E-state index in [1.165, 1.54) is 0 Å². The number of amides is 3. The lowest BCUT2D eigenvalue weighted by Gasteiger charge is -2.45. The van der Waals surface area contributed by atoms with E-state index >= 15 is 0 Å². The zero-order valence-corrected chi connectivity index (χ0v) is 23.0. The molecule has 7 rings (SSSR count). The maximum atomic E-state index is 14.1. The summed E-state index contributed by atoms with van der Waals surface area (Å²) in [5, 5.41) is 2.68. The molecule has 0 unspecified atom stereocenters. The highest BCUT2D eigenvalue weighted by Gasteiger charge is 2.63. The Morgan fingerprint density at radius 1 is 0.829 bits per heavy atom. The van der Waals surface area contributed by atoms with Crippen LogP contribution < -0.4 is 10.1 Å². The Kier molecular flexibility index (Phi) is 7.07. The maximum Gasteiger partial charge on any atom is 0.329 e. The summed E-state index contributed by atoms with van der Waals surface area (Å²) < 4.78 is 10.5. The Morgan fingerprint density at radius 3 is 1.80 bits per heavy atom. The molecule has 3 amide bonds. The number of benzene rings is 3. The van der Waals surface area contributed by atoms with Crippen LogP contribution >= 0.6 is 0 Å². The third-order valence-corrected chi connectivity index (χ3v) is 8.62. The molecule has 2 bridgehead atoms. The first kappa shape index (κ1) is 26.7. The molecule has 4 aliphatic rings. The van der Waals surface area contributed by atoms with E-state index in [1.807, 2.05) is 55.5 Å². The second-order valence-electron chi connectivity index (χ2n) is 10.9. The van der Waals surface area contributed by atoms with Gasteiger partial charge in [0.1, 0.15) is 11.8 Å². The van der Waals surface area contributed by atoms with Gasteiger partial charge in [-0.05, 0) is 52.9 Å². The standard InChI is InChI=1S/C33H32N2O6/c1-3-4-13-25(33(39)41-18-26(36)34-19-14-16-20(40-2)17-15-19)35-31(37)29-27-21-9-5-6-10-22(21)28(30(29)32(35)38)24-12-8-7-11-23(24)27/h5-12,14-17,25,27-30H,3-4,13,18H2,1-2H3,(H,34,36)/t25-,27?,28?,29-,30-/m1/s1. The van der Waals surface area contributed by atoms with Gasteiger partial charge in [-0.15, -0.1) is 0 Å². The van der Waals surface area contributed by atoms with Crippen molar-refractivity contribution in [1.82, 2.24) is 4.90 Å². The molecule has 1 N–H and O–H groups in total. The van der Waals surface area contributed by atoms with E-state index in [0.29, 0.717) is 17.9 Å². The number of esters is 1. The van der Waals surface area contributed by atoms with Crippen LogP contribution in [0.15, 0.2) is 72.8 Å². The number of likely N-dealkylation sites (tertiary alicyclic amines) is 1. The van der Waals surface area contributed by atoms with Crippen molar-refractivity contribution in [1.29, 1.82) is 0 Å². The molecule has 0 saturated carbocycles. The van der Waals surface area contributed by atoms with E-state index in [4.69, 9.17) is 9.47 Å². The highest BCUT2D eigenvalue weighted by molar-refractivity contribution is 6.10. The summed E-state index contributed by atoms with van der Waals surface area (Å²) in [6.07, 6.45) is 1.67. The van der Waals surface area contributed by atoms with Gasteiger partial charge in [0, 0.05) is 17.5 Å². The predicted molar refractivity (Wildman–Crippen MR) is 151 cm³/mol. The molecule has 41 heavy (non-hydrogen) atoms. The number of nitrogens with zero attached hydrogens (tertiary/aromatic N) is 1. The number of anilines is 1. The minimum Gasteiger partial charge on any atom is -0.497 e. The SMILES string of the molecule is CCCC[C@H](C(=O)OCC(=O)Nc1ccc(OC)cc1)N1C(=O)[C@@H]2C3c4ccccc4C(c4ccccc43)[C@H]2C1=O. The molecular formula is C33H32N2O6. The molecule has 210 valence electrons. The van der Waals surface area contributed by atoms with E-state index < -0.39 is 36.4 Å². The third kappa shape index (κ3) is 4.47. The van der Waals surface area contributed by atoms with E-state index in [9.17, 15) is 19.2 Å². The summed E-state index contributed by atoms with van der Waals surface area (Å²) in [4.78, 5) is 55.3. The molecule has 0 radical (unpaired) electrons. The van der Waals surface area contributed by atoms with Gasteiger partial charge >= 0.3 is 5.97 Å². The third-order valence-electron chi connectivity index (χ3n) is 8.62. The first-order chi connectivity index (χ1) is 19.9. The van der Waals surface area contributed by atoms with Crippen LogP contribution in [0.5, 0.6) is 5.75 Å². The van der Waals surface area contributed by atoms with Crippen molar-refractivity contribution in [3.63, 3.8) is 0 Å². The number of carbonyl (C=O) groups excluding carboxylic acids is 4. The van der Waals surface area contributed by atoms with Crippen LogP contribution in [-0.4, -0.2) is 48.3 Å². The molecule has 1 saturated heterocycles. The van der Waals surface area contributed by atoms with Gasteiger partial charge in [-0.3, -0.25) is 19.3 Å². The minimum absolute atomic E-state index is 0.253. The average Bonchev–Trinajstić information content (AvgIpc) is 3.26. The summed E-state index contributed by atoms with van der Waals surface area (Å²) in [5.74, 6) is -2.94. The van der Waals surface area contributed by atoms with Crippen molar-refractivity contribution < 1.29 is 28.7 Å². The van der Waals surface area contributed by atoms with Crippen molar-refractivity contribution >= 4 is 29.4 Å². The van der Waals surface area contributed by atoms with E-state index in [2.05, 4.69) is 5.32 Å². The Morgan fingerprint density at radius 2 is 1.34 bits per heavy atom. The molecule has 3 aromatic carbocycles. The number of nitrogens with one attached hydrogen (secondary N) is 1. The molecule has 1 aliphatic heterocycles. The molecule has 8 heteroatoms. The normalized spacial score (nSPS) is 22.4. The van der Waals surface area contributed by atoms with E-state index in [1.54, 1.807) is 31.4 Å². The fourth-order valence-electron chi connectivity index (χ4n) is 6.86. The summed E-state index contributed by atoms with van der Waals surface area (Å²) >= 11 is 0. The number of hydrogen-bond donors (Lipinski definition) is 1. The van der Waals surface area contributed by atoms with Crippen LogP contribution in [0.1, 0.15) is 60.3 Å². The molecule has 3 aromatic rings. The highest BCUT2D eigenvalue weighted by Crippen LogP contribution is 2.61. The van der Waals surface area contributed by atoms with Crippen LogP contribution in [-0.2, 0) is 23.9 Å². The van der Waals surface area contributed by atoms with Gasteiger partial charge in [-0.1, -0.05) is 68.3 Å². The number of carbonyl (C=O) groups is 4. The van der Waals surface area contributed by atoms with Crippen molar-refractivity contribution in [3.05, 3.63) is 95.1 Å². The van der Waals surface area contributed by atoms with Gasteiger partial charge in [-0.2, -0.15) is 0 Å². The molecule has 8 nitrogen and oxygen atoms in total. The topological polar surface area (TPSA) is 102 Å². The fourth-order valence-corrected chi connectivity index (χ4v) is 6.86. The lowest BCUT2D eigenvalue weighted by molar-refractivity contribution is -0.160. The average molecular weight is 553 g/mol. The Labute approximate surface area is 238 Å². The molecule has 3 aliphatic carbocycles. The van der Waals surface area contributed by atoms with Crippen molar-refractivity contribution in [2.75, 3.05) is 19.0 Å². The van der Waals surface area contributed by atoms with Gasteiger partial charge in [0.2, 0.25) is 11.8 Å². The molecular weight excluding hydrogens is 520 g/mol. The summed E-state index contributed by atoms with van der Waals surface area (Å²) in [6.45, 7) is 1.45. The number of ether oxygens (including phenoxy) is 2. The van der Waals surface area contributed by atoms with Crippen LogP contribution in [0.25, 0.3) is 0 Å². The van der Waals surface area contributed by atoms with Crippen LogP contribution in [0.4, 0.5) is 5.69 Å². The molecule has 1 fully saturated rings. The Balaban J connectivity index is 1.24. The number of rotatable bonds is 9. The van der Waals surface area contributed by atoms with Gasteiger partial charge in [0.15, 0.2) is 6.61 Å². The molecule has 1 heterocycles. The Hall–Kier alpha value is -4.46. The summed E-state index contributed by atoms with van der Waals surface area (Å²) in [5.41, 5.74) is 4.82. The quantitative estimate of drug-likeness (QED) is 0.307. The second kappa shape index (κ2) is 10.8. The molecule has 0 spiro atoms. The maximum absolute atomic E-state index is 14.1. The van der Waals surface area contributed by atoms with Crippen molar-refractivity contribution in [2.24, 2.45) is 11.8 Å². The zero-order valence-electron chi connectivity index (χ0n) is 23.0. The lowest BCUT2D eigenvalue weighted by Crippen LogP contribution is -2.47.